The summed E-state index contributed by atoms with van der Waals surface area (Å²) in [7, 11) is -3.74. The van der Waals surface area contributed by atoms with Crippen molar-refractivity contribution in [1.29, 1.82) is 0 Å². The highest BCUT2D eigenvalue weighted by atomic mass is 32.2. The molecule has 0 unspecified atom stereocenters. The largest absolute Gasteiger partial charge is 0.323 e. The van der Waals surface area contributed by atoms with Gasteiger partial charge >= 0.3 is 0 Å². The molecule has 23 heavy (non-hydrogen) atoms. The van der Waals surface area contributed by atoms with Crippen molar-refractivity contribution in [2.75, 3.05) is 5.32 Å². The SMILES string of the molecule is CCn1ncc(/C=C\C(=O)Nc2ccc(S(N)(=O)=O)cc2)c1C. The van der Waals surface area contributed by atoms with Gasteiger partial charge in [0.15, 0.2) is 0 Å². The number of carbonyl (C=O) groups excluding carboxylic acids is 1. The summed E-state index contributed by atoms with van der Waals surface area (Å²) < 4.78 is 24.1. The number of carbonyl (C=O) groups is 1. The molecule has 0 aliphatic rings. The standard InChI is InChI=1S/C15H18N4O3S/c1-3-19-11(2)12(10-17-19)4-9-15(20)18-13-5-7-14(8-6-13)23(16,21)22/h4-10H,3H2,1-2H3,(H,18,20)(H2,16,21,22)/b9-4-. The van der Waals surface area contributed by atoms with Crippen LogP contribution in [0.15, 0.2) is 41.4 Å². The second kappa shape index (κ2) is 6.76. The van der Waals surface area contributed by atoms with Crippen molar-refractivity contribution in [3.8, 4) is 0 Å². The number of hydrogen-bond acceptors (Lipinski definition) is 4. The van der Waals surface area contributed by atoms with Gasteiger partial charge in [0, 0.05) is 29.6 Å². The average molecular weight is 334 g/mol. The van der Waals surface area contributed by atoms with E-state index in [1.807, 2.05) is 18.5 Å². The van der Waals surface area contributed by atoms with E-state index >= 15 is 0 Å². The zero-order valence-electron chi connectivity index (χ0n) is 12.9. The van der Waals surface area contributed by atoms with Crippen molar-refractivity contribution in [2.45, 2.75) is 25.3 Å². The Labute approximate surface area is 134 Å². The predicted octanol–water partition coefficient (Wildman–Crippen LogP) is 1.51. The number of benzene rings is 1. The molecule has 0 aliphatic carbocycles. The number of nitrogens with two attached hydrogens (primary N) is 1. The van der Waals surface area contributed by atoms with Crippen molar-refractivity contribution in [1.82, 2.24) is 9.78 Å². The summed E-state index contributed by atoms with van der Waals surface area (Å²) in [6, 6.07) is 5.63. The van der Waals surface area contributed by atoms with Crippen LogP contribution in [0.5, 0.6) is 0 Å². The monoisotopic (exact) mass is 334 g/mol. The van der Waals surface area contributed by atoms with Gasteiger partial charge in [-0.1, -0.05) is 0 Å². The van der Waals surface area contributed by atoms with Gasteiger partial charge in [-0.05, 0) is 44.2 Å². The van der Waals surface area contributed by atoms with Crippen LogP contribution >= 0.6 is 0 Å². The Balaban J connectivity index is 2.04. The Morgan fingerprint density at radius 1 is 1.35 bits per heavy atom. The normalized spacial score (nSPS) is 11.8. The minimum atomic E-state index is -3.74. The number of amides is 1. The van der Waals surface area contributed by atoms with E-state index in [-0.39, 0.29) is 10.8 Å². The lowest BCUT2D eigenvalue weighted by molar-refractivity contribution is -0.111. The van der Waals surface area contributed by atoms with Crippen LogP contribution in [0, 0.1) is 6.92 Å². The molecule has 1 aromatic heterocycles. The van der Waals surface area contributed by atoms with Crippen LogP contribution in [-0.2, 0) is 21.4 Å². The summed E-state index contributed by atoms with van der Waals surface area (Å²) in [5, 5.41) is 11.8. The van der Waals surface area contributed by atoms with Crippen LogP contribution < -0.4 is 10.5 Å². The molecule has 0 fully saturated rings. The third kappa shape index (κ3) is 4.27. The average Bonchev–Trinajstić information content (AvgIpc) is 2.85. The van der Waals surface area contributed by atoms with Gasteiger partial charge in [0.05, 0.1) is 11.1 Å². The molecular formula is C15H18N4O3S. The third-order valence-electron chi connectivity index (χ3n) is 3.31. The Kier molecular flexibility index (Phi) is 4.97. The first-order valence-corrected chi connectivity index (χ1v) is 8.50. The van der Waals surface area contributed by atoms with E-state index in [1.54, 1.807) is 12.3 Å². The molecule has 0 aliphatic heterocycles. The third-order valence-corrected chi connectivity index (χ3v) is 4.23. The van der Waals surface area contributed by atoms with Crippen LogP contribution in [0.1, 0.15) is 18.2 Å². The molecule has 3 N–H and O–H groups in total. The van der Waals surface area contributed by atoms with E-state index in [0.717, 1.165) is 17.8 Å². The molecule has 0 saturated heterocycles. The topological polar surface area (TPSA) is 107 Å². The first-order chi connectivity index (χ1) is 10.8. The predicted molar refractivity (Wildman–Crippen MR) is 88.1 cm³/mol. The molecule has 1 aromatic carbocycles. The number of aromatic nitrogens is 2. The van der Waals surface area contributed by atoms with Gasteiger partial charge < -0.3 is 5.32 Å². The Morgan fingerprint density at radius 2 is 2.00 bits per heavy atom. The highest BCUT2D eigenvalue weighted by Gasteiger charge is 2.07. The Morgan fingerprint density at radius 3 is 2.52 bits per heavy atom. The number of nitrogens with zero attached hydrogens (tertiary/aromatic N) is 2. The Hall–Kier alpha value is -2.45. The molecule has 2 rings (SSSR count). The first-order valence-electron chi connectivity index (χ1n) is 6.95. The van der Waals surface area contributed by atoms with E-state index in [1.165, 1.54) is 30.3 Å². The molecule has 1 heterocycles. The van der Waals surface area contributed by atoms with E-state index in [9.17, 15) is 13.2 Å². The lowest BCUT2D eigenvalue weighted by atomic mass is 10.2. The van der Waals surface area contributed by atoms with Crippen molar-refractivity contribution in [3.05, 3.63) is 47.8 Å². The molecule has 0 spiro atoms. The van der Waals surface area contributed by atoms with Gasteiger partial charge in [-0.25, -0.2) is 13.6 Å². The highest BCUT2D eigenvalue weighted by molar-refractivity contribution is 7.89. The fourth-order valence-electron chi connectivity index (χ4n) is 2.02. The zero-order valence-corrected chi connectivity index (χ0v) is 13.7. The number of primary sulfonamides is 1. The van der Waals surface area contributed by atoms with Crippen molar-refractivity contribution in [2.24, 2.45) is 5.14 Å². The van der Waals surface area contributed by atoms with Crippen molar-refractivity contribution in [3.63, 3.8) is 0 Å². The van der Waals surface area contributed by atoms with Gasteiger partial charge in [0.1, 0.15) is 0 Å². The van der Waals surface area contributed by atoms with Gasteiger partial charge in [-0.3, -0.25) is 9.48 Å². The minimum Gasteiger partial charge on any atom is -0.323 e. The Bertz CT molecular complexity index is 836. The smallest absolute Gasteiger partial charge is 0.248 e. The summed E-state index contributed by atoms with van der Waals surface area (Å²) in [5.74, 6) is -0.322. The van der Waals surface area contributed by atoms with Crippen LogP contribution in [0.4, 0.5) is 5.69 Å². The van der Waals surface area contributed by atoms with Crippen LogP contribution in [0.2, 0.25) is 0 Å². The van der Waals surface area contributed by atoms with E-state index in [0.29, 0.717) is 5.69 Å². The molecule has 1 amide bonds. The summed E-state index contributed by atoms with van der Waals surface area (Å²) in [4.78, 5) is 11.9. The number of aryl methyl sites for hydroxylation is 1. The van der Waals surface area contributed by atoms with Gasteiger partial charge in [-0.15, -0.1) is 0 Å². The summed E-state index contributed by atoms with van der Waals surface area (Å²) in [6.45, 7) is 4.69. The maximum absolute atomic E-state index is 11.9. The number of anilines is 1. The van der Waals surface area contributed by atoms with Gasteiger partial charge in [0.25, 0.3) is 0 Å². The maximum Gasteiger partial charge on any atom is 0.248 e. The maximum atomic E-state index is 11.9. The molecular weight excluding hydrogens is 316 g/mol. The van der Waals surface area contributed by atoms with Crippen LogP contribution in [0.25, 0.3) is 6.08 Å². The zero-order chi connectivity index (χ0) is 17.0. The number of hydrogen-bond donors (Lipinski definition) is 2. The van der Waals surface area contributed by atoms with Gasteiger partial charge in [-0.2, -0.15) is 5.10 Å². The van der Waals surface area contributed by atoms with Crippen molar-refractivity contribution < 1.29 is 13.2 Å². The lowest BCUT2D eigenvalue weighted by Gasteiger charge is -2.03. The van der Waals surface area contributed by atoms with Crippen molar-refractivity contribution >= 4 is 27.7 Å². The summed E-state index contributed by atoms with van der Waals surface area (Å²) in [6.07, 6.45) is 4.78. The first kappa shape index (κ1) is 16.9. The number of sulfonamides is 1. The lowest BCUT2D eigenvalue weighted by Crippen LogP contribution is -2.12. The van der Waals surface area contributed by atoms with Crippen LogP contribution in [-0.4, -0.2) is 24.1 Å². The van der Waals surface area contributed by atoms with E-state index in [4.69, 9.17) is 5.14 Å². The fraction of sp³-hybridized carbons (Fsp3) is 0.200. The molecule has 0 bridgehead atoms. The number of rotatable bonds is 5. The molecule has 0 saturated carbocycles. The molecule has 7 nitrogen and oxygen atoms in total. The number of nitrogens with one attached hydrogen (secondary N) is 1. The van der Waals surface area contributed by atoms with Crippen LogP contribution in [0.3, 0.4) is 0 Å². The quantitative estimate of drug-likeness (QED) is 0.808. The summed E-state index contributed by atoms with van der Waals surface area (Å²) in [5.41, 5.74) is 2.33. The summed E-state index contributed by atoms with van der Waals surface area (Å²) >= 11 is 0. The second-order valence-corrected chi connectivity index (χ2v) is 6.45. The minimum absolute atomic E-state index is 0.00588. The van der Waals surface area contributed by atoms with E-state index < -0.39 is 10.0 Å². The molecule has 2 aromatic rings. The second-order valence-electron chi connectivity index (χ2n) is 4.89. The molecule has 122 valence electrons. The molecule has 8 heteroatoms. The highest BCUT2D eigenvalue weighted by Crippen LogP contribution is 2.13. The van der Waals surface area contributed by atoms with E-state index in [2.05, 4.69) is 10.4 Å². The fourth-order valence-corrected chi connectivity index (χ4v) is 2.54. The molecule has 0 atom stereocenters. The molecule has 0 radical (unpaired) electrons. The van der Waals surface area contributed by atoms with Gasteiger partial charge in [0.2, 0.25) is 15.9 Å².